The molecule has 0 saturated heterocycles. The molecule has 32 heavy (non-hydrogen) atoms. The minimum Gasteiger partial charge on any atom is -0.497 e. The SMILES string of the molecule is COC(=O)N(c1ccc2c(c1)NCC2)c1nc(-c2cccnc2)nc2ccc(OC)cc12. The summed E-state index contributed by atoms with van der Waals surface area (Å²) >= 11 is 0. The largest absolute Gasteiger partial charge is 0.497 e. The van der Waals surface area contributed by atoms with E-state index in [0.29, 0.717) is 34.0 Å². The second-order valence-electron chi connectivity index (χ2n) is 7.32. The van der Waals surface area contributed by atoms with Crippen LogP contribution in [0.5, 0.6) is 5.75 Å². The van der Waals surface area contributed by atoms with Crippen LogP contribution in [0.15, 0.2) is 60.9 Å². The van der Waals surface area contributed by atoms with E-state index >= 15 is 0 Å². The summed E-state index contributed by atoms with van der Waals surface area (Å²) < 4.78 is 10.6. The first-order valence-corrected chi connectivity index (χ1v) is 10.2. The molecule has 0 saturated carbocycles. The Balaban J connectivity index is 1.77. The number of hydrogen-bond donors (Lipinski definition) is 1. The Morgan fingerprint density at radius 1 is 1.09 bits per heavy atom. The molecule has 0 unspecified atom stereocenters. The minimum atomic E-state index is -0.553. The first-order chi connectivity index (χ1) is 15.7. The number of amides is 1. The van der Waals surface area contributed by atoms with Gasteiger partial charge in [-0.3, -0.25) is 4.98 Å². The lowest BCUT2D eigenvalue weighted by Gasteiger charge is -2.23. The zero-order valence-electron chi connectivity index (χ0n) is 17.7. The van der Waals surface area contributed by atoms with E-state index in [-0.39, 0.29) is 0 Å². The molecule has 0 radical (unpaired) electrons. The Kier molecular flexibility index (Phi) is 5.03. The van der Waals surface area contributed by atoms with Crippen LogP contribution in [0.25, 0.3) is 22.3 Å². The molecule has 2 aromatic carbocycles. The fraction of sp³-hybridized carbons (Fsp3) is 0.167. The molecule has 2 aromatic heterocycles. The highest BCUT2D eigenvalue weighted by Gasteiger charge is 2.26. The van der Waals surface area contributed by atoms with Crippen LogP contribution in [0.4, 0.5) is 22.0 Å². The van der Waals surface area contributed by atoms with E-state index in [1.165, 1.54) is 17.6 Å². The Morgan fingerprint density at radius 3 is 2.78 bits per heavy atom. The summed E-state index contributed by atoms with van der Waals surface area (Å²) in [6.45, 7) is 0.871. The molecule has 8 nitrogen and oxygen atoms in total. The van der Waals surface area contributed by atoms with Crippen molar-refractivity contribution < 1.29 is 14.3 Å². The number of hydrogen-bond acceptors (Lipinski definition) is 7. The third-order valence-corrected chi connectivity index (χ3v) is 5.43. The van der Waals surface area contributed by atoms with Gasteiger partial charge in [-0.25, -0.2) is 19.7 Å². The van der Waals surface area contributed by atoms with Gasteiger partial charge in [0.15, 0.2) is 11.6 Å². The Hall–Kier alpha value is -4.20. The predicted octanol–water partition coefficient (Wildman–Crippen LogP) is 4.57. The van der Waals surface area contributed by atoms with Gasteiger partial charge >= 0.3 is 6.09 Å². The first-order valence-electron chi connectivity index (χ1n) is 10.2. The lowest BCUT2D eigenvalue weighted by Crippen LogP contribution is -2.27. The van der Waals surface area contributed by atoms with E-state index in [9.17, 15) is 4.79 Å². The second-order valence-corrected chi connectivity index (χ2v) is 7.32. The van der Waals surface area contributed by atoms with E-state index in [1.54, 1.807) is 19.5 Å². The van der Waals surface area contributed by atoms with Gasteiger partial charge in [0.1, 0.15) is 5.75 Å². The summed E-state index contributed by atoms with van der Waals surface area (Å²) in [5.41, 5.74) is 4.27. The maximum absolute atomic E-state index is 13.0. The van der Waals surface area contributed by atoms with Crippen LogP contribution in [0.3, 0.4) is 0 Å². The Bertz CT molecular complexity index is 1310. The number of nitrogens with one attached hydrogen (secondary N) is 1. The molecule has 3 heterocycles. The molecule has 0 aliphatic carbocycles. The lowest BCUT2D eigenvalue weighted by molar-refractivity contribution is 0.181. The van der Waals surface area contributed by atoms with Crippen LogP contribution in [-0.2, 0) is 11.2 Å². The molecular formula is C24H21N5O3. The van der Waals surface area contributed by atoms with Gasteiger partial charge in [0.25, 0.3) is 0 Å². The molecule has 1 aliphatic heterocycles. The number of carbonyl (C=O) groups excluding carboxylic acids is 1. The van der Waals surface area contributed by atoms with Gasteiger partial charge in [0.05, 0.1) is 25.4 Å². The number of benzene rings is 2. The summed E-state index contributed by atoms with van der Waals surface area (Å²) in [6.07, 6.45) is 3.78. The van der Waals surface area contributed by atoms with E-state index < -0.39 is 6.09 Å². The molecule has 8 heteroatoms. The molecule has 5 rings (SSSR count). The second kappa shape index (κ2) is 8.14. The van der Waals surface area contributed by atoms with Crippen molar-refractivity contribution in [3.05, 3.63) is 66.5 Å². The van der Waals surface area contributed by atoms with Crippen molar-refractivity contribution in [2.75, 3.05) is 31.0 Å². The molecule has 4 aromatic rings. The molecule has 1 aliphatic rings. The van der Waals surface area contributed by atoms with Crippen LogP contribution >= 0.6 is 0 Å². The van der Waals surface area contributed by atoms with Crippen molar-refractivity contribution in [2.24, 2.45) is 0 Å². The fourth-order valence-electron chi connectivity index (χ4n) is 3.84. The van der Waals surface area contributed by atoms with Crippen molar-refractivity contribution in [1.29, 1.82) is 0 Å². The van der Waals surface area contributed by atoms with Crippen molar-refractivity contribution in [2.45, 2.75) is 6.42 Å². The number of aromatic nitrogens is 3. The number of rotatable bonds is 4. The topological polar surface area (TPSA) is 89.5 Å². The third kappa shape index (κ3) is 3.45. The predicted molar refractivity (Wildman–Crippen MR) is 123 cm³/mol. The van der Waals surface area contributed by atoms with E-state index in [2.05, 4.69) is 10.3 Å². The molecule has 160 valence electrons. The molecule has 0 bridgehead atoms. The highest BCUT2D eigenvalue weighted by atomic mass is 16.5. The minimum absolute atomic E-state index is 0.401. The number of nitrogens with zero attached hydrogens (tertiary/aromatic N) is 4. The summed E-state index contributed by atoms with van der Waals surface area (Å²) in [4.78, 5) is 28.2. The van der Waals surface area contributed by atoms with Gasteiger partial charge < -0.3 is 14.8 Å². The number of anilines is 3. The van der Waals surface area contributed by atoms with Crippen molar-refractivity contribution >= 4 is 34.2 Å². The van der Waals surface area contributed by atoms with Gasteiger partial charge in [-0.2, -0.15) is 0 Å². The average Bonchev–Trinajstić information content (AvgIpc) is 3.32. The zero-order valence-corrected chi connectivity index (χ0v) is 17.7. The molecule has 1 N–H and O–H groups in total. The number of ether oxygens (including phenoxy) is 2. The zero-order chi connectivity index (χ0) is 22.1. The van der Waals surface area contributed by atoms with E-state index in [0.717, 1.165) is 24.2 Å². The average molecular weight is 427 g/mol. The van der Waals surface area contributed by atoms with Crippen LogP contribution in [0, 0.1) is 0 Å². The van der Waals surface area contributed by atoms with Crippen LogP contribution < -0.4 is 15.0 Å². The van der Waals surface area contributed by atoms with Gasteiger partial charge in [0.2, 0.25) is 0 Å². The van der Waals surface area contributed by atoms with Crippen molar-refractivity contribution in [1.82, 2.24) is 15.0 Å². The smallest absolute Gasteiger partial charge is 0.419 e. The molecule has 1 amide bonds. The first kappa shape index (κ1) is 19.7. The molecular weight excluding hydrogens is 406 g/mol. The highest BCUT2D eigenvalue weighted by Crippen LogP contribution is 2.37. The number of methoxy groups -OCH3 is 2. The van der Waals surface area contributed by atoms with Gasteiger partial charge in [0, 0.05) is 35.6 Å². The van der Waals surface area contributed by atoms with Crippen LogP contribution in [0.2, 0.25) is 0 Å². The summed E-state index contributed by atoms with van der Waals surface area (Å²) in [6, 6.07) is 15.1. The monoisotopic (exact) mass is 427 g/mol. The summed E-state index contributed by atoms with van der Waals surface area (Å²) in [5, 5.41) is 4.02. The van der Waals surface area contributed by atoms with Gasteiger partial charge in [-0.1, -0.05) is 6.07 Å². The quantitative estimate of drug-likeness (QED) is 0.510. The fourth-order valence-corrected chi connectivity index (χ4v) is 3.84. The molecule has 0 atom stereocenters. The number of pyridine rings is 1. The maximum Gasteiger partial charge on any atom is 0.419 e. The summed E-state index contributed by atoms with van der Waals surface area (Å²) in [5.74, 6) is 1.49. The van der Waals surface area contributed by atoms with Gasteiger partial charge in [-0.05, 0) is 54.4 Å². The lowest BCUT2D eigenvalue weighted by atomic mass is 10.1. The van der Waals surface area contributed by atoms with Crippen molar-refractivity contribution in [3.63, 3.8) is 0 Å². The number of carbonyl (C=O) groups is 1. The highest BCUT2D eigenvalue weighted by molar-refractivity contribution is 6.04. The van der Waals surface area contributed by atoms with E-state index in [1.807, 2.05) is 48.5 Å². The third-order valence-electron chi connectivity index (χ3n) is 5.43. The molecule has 0 fully saturated rings. The number of fused-ring (bicyclic) bond motifs is 2. The van der Waals surface area contributed by atoms with Crippen LogP contribution in [-0.4, -0.2) is 41.8 Å². The maximum atomic E-state index is 13.0. The van der Waals surface area contributed by atoms with Gasteiger partial charge in [-0.15, -0.1) is 0 Å². The standard InChI is InChI=1S/C24H21N5O3/c1-31-18-7-8-20-19(13-18)23(28-22(27-20)16-4-3-10-25-14-16)29(24(30)32-2)17-6-5-15-9-11-26-21(15)12-17/h3-8,10,12-14,26H,9,11H2,1-2H3. The summed E-state index contributed by atoms with van der Waals surface area (Å²) in [7, 11) is 2.95. The van der Waals surface area contributed by atoms with Crippen molar-refractivity contribution in [3.8, 4) is 17.1 Å². The normalized spacial score (nSPS) is 12.2. The van der Waals surface area contributed by atoms with E-state index in [4.69, 9.17) is 19.4 Å². The molecule has 0 spiro atoms. The Morgan fingerprint density at radius 2 is 2.00 bits per heavy atom. The Labute approximate surface area is 184 Å². The van der Waals surface area contributed by atoms with Crippen LogP contribution in [0.1, 0.15) is 5.56 Å².